The van der Waals surface area contributed by atoms with Crippen LogP contribution >= 0.6 is 0 Å². The number of nitro benzene ring substituents is 1. The fourth-order valence-corrected chi connectivity index (χ4v) is 1.34. The van der Waals surface area contributed by atoms with Crippen molar-refractivity contribution < 1.29 is 9.72 Å². The van der Waals surface area contributed by atoms with Crippen LogP contribution < -0.4 is 5.32 Å². The molecule has 0 fully saturated rings. The van der Waals surface area contributed by atoms with Gasteiger partial charge >= 0.3 is 0 Å². The summed E-state index contributed by atoms with van der Waals surface area (Å²) in [6.45, 7) is 3.58. The Bertz CT molecular complexity index is 467. The first-order chi connectivity index (χ1) is 8.00. The molecule has 0 atom stereocenters. The summed E-state index contributed by atoms with van der Waals surface area (Å²) in [5, 5.41) is 13.4. The van der Waals surface area contributed by atoms with Gasteiger partial charge in [-0.05, 0) is 18.6 Å². The normalized spacial score (nSPS) is 10.5. The summed E-state index contributed by atoms with van der Waals surface area (Å²) in [5.41, 5.74) is 1.45. The Hall–Kier alpha value is -2.17. The minimum Gasteiger partial charge on any atom is -0.353 e. The maximum atomic E-state index is 10.8. The van der Waals surface area contributed by atoms with E-state index in [-0.39, 0.29) is 11.6 Å². The molecule has 0 aliphatic carbocycles. The summed E-state index contributed by atoms with van der Waals surface area (Å²) in [5.74, 6) is -0.131. The van der Waals surface area contributed by atoms with Gasteiger partial charge in [0.2, 0.25) is 5.91 Å². The van der Waals surface area contributed by atoms with Crippen molar-refractivity contribution in [2.75, 3.05) is 6.54 Å². The van der Waals surface area contributed by atoms with Crippen LogP contribution in [0.5, 0.6) is 0 Å². The van der Waals surface area contributed by atoms with Crippen LogP contribution in [0.2, 0.25) is 0 Å². The predicted molar refractivity (Wildman–Crippen MR) is 65.6 cm³/mol. The zero-order valence-corrected chi connectivity index (χ0v) is 9.77. The summed E-state index contributed by atoms with van der Waals surface area (Å²) >= 11 is 0. The maximum absolute atomic E-state index is 10.8. The average molecular weight is 234 g/mol. The first kappa shape index (κ1) is 12.9. The van der Waals surface area contributed by atoms with E-state index < -0.39 is 4.92 Å². The number of carbonyl (C=O) groups excluding carboxylic acids is 1. The van der Waals surface area contributed by atoms with E-state index in [2.05, 4.69) is 5.32 Å². The van der Waals surface area contributed by atoms with Gasteiger partial charge < -0.3 is 5.32 Å². The number of hydrogen-bond acceptors (Lipinski definition) is 3. The van der Waals surface area contributed by atoms with E-state index in [0.717, 1.165) is 5.56 Å². The molecule has 90 valence electrons. The third-order valence-electron chi connectivity index (χ3n) is 2.15. The van der Waals surface area contributed by atoms with Gasteiger partial charge in [0.1, 0.15) is 0 Å². The predicted octanol–water partition coefficient (Wildman–Crippen LogP) is 2.05. The lowest BCUT2D eigenvalue weighted by Crippen LogP contribution is -2.19. The highest BCUT2D eigenvalue weighted by molar-refractivity contribution is 5.73. The van der Waals surface area contributed by atoms with Crippen molar-refractivity contribution in [3.8, 4) is 0 Å². The van der Waals surface area contributed by atoms with Gasteiger partial charge in [0.05, 0.1) is 10.5 Å². The molecular weight excluding hydrogens is 220 g/mol. The van der Waals surface area contributed by atoms with Crippen molar-refractivity contribution in [2.45, 2.75) is 13.8 Å². The Morgan fingerprint density at radius 1 is 1.53 bits per heavy atom. The van der Waals surface area contributed by atoms with Gasteiger partial charge in [-0.1, -0.05) is 18.2 Å². The lowest BCUT2D eigenvalue weighted by atomic mass is 10.1. The highest BCUT2D eigenvalue weighted by atomic mass is 16.6. The largest absolute Gasteiger partial charge is 0.353 e. The van der Waals surface area contributed by atoms with Crippen LogP contribution in [0.1, 0.15) is 18.1 Å². The molecule has 17 heavy (non-hydrogen) atoms. The van der Waals surface area contributed by atoms with Gasteiger partial charge in [-0.3, -0.25) is 14.9 Å². The Labute approximate surface area is 99.3 Å². The van der Waals surface area contributed by atoms with E-state index >= 15 is 0 Å². The summed E-state index contributed by atoms with van der Waals surface area (Å²) in [6, 6.07) is 5.03. The molecule has 0 aliphatic rings. The van der Waals surface area contributed by atoms with E-state index in [0.29, 0.717) is 12.1 Å². The molecule has 0 heterocycles. The summed E-state index contributed by atoms with van der Waals surface area (Å²) in [4.78, 5) is 21.0. The number of nitrogens with zero attached hydrogens (tertiary/aromatic N) is 1. The van der Waals surface area contributed by atoms with Crippen molar-refractivity contribution in [1.29, 1.82) is 0 Å². The molecule has 1 aromatic rings. The van der Waals surface area contributed by atoms with Crippen molar-refractivity contribution in [3.05, 3.63) is 45.5 Å². The Kier molecular flexibility index (Phi) is 4.39. The third-order valence-corrected chi connectivity index (χ3v) is 2.15. The number of carbonyl (C=O) groups is 1. The van der Waals surface area contributed by atoms with Gasteiger partial charge in [0.15, 0.2) is 0 Å². The number of benzene rings is 1. The summed E-state index contributed by atoms with van der Waals surface area (Å²) in [7, 11) is 0. The number of rotatable bonds is 4. The topological polar surface area (TPSA) is 72.2 Å². The van der Waals surface area contributed by atoms with Crippen LogP contribution in [-0.2, 0) is 4.79 Å². The number of aryl methyl sites for hydroxylation is 1. The van der Waals surface area contributed by atoms with Crippen LogP contribution in [0.25, 0.3) is 6.08 Å². The van der Waals surface area contributed by atoms with E-state index in [1.165, 1.54) is 13.0 Å². The van der Waals surface area contributed by atoms with Gasteiger partial charge in [0.25, 0.3) is 5.69 Å². The maximum Gasteiger partial charge on any atom is 0.276 e. The monoisotopic (exact) mass is 234 g/mol. The van der Waals surface area contributed by atoms with Crippen molar-refractivity contribution in [2.24, 2.45) is 0 Å². The van der Waals surface area contributed by atoms with Gasteiger partial charge in [0, 0.05) is 19.5 Å². The molecule has 5 nitrogen and oxygen atoms in total. The standard InChI is InChI=1S/C12H14N2O3/c1-9-5-6-11(12(8-9)14(16)17)4-3-7-13-10(2)15/h3-6,8H,7H2,1-2H3,(H,13,15). The molecule has 5 heteroatoms. The van der Waals surface area contributed by atoms with Gasteiger partial charge in [-0.15, -0.1) is 0 Å². The molecule has 1 amide bonds. The fourth-order valence-electron chi connectivity index (χ4n) is 1.34. The van der Waals surface area contributed by atoms with Gasteiger partial charge in [-0.2, -0.15) is 0 Å². The molecular formula is C12H14N2O3. The van der Waals surface area contributed by atoms with Crippen molar-refractivity contribution >= 4 is 17.7 Å². The lowest BCUT2D eigenvalue weighted by Gasteiger charge is -1.99. The van der Waals surface area contributed by atoms with E-state index in [9.17, 15) is 14.9 Å². The molecule has 1 rings (SSSR count). The minimum atomic E-state index is -0.412. The van der Waals surface area contributed by atoms with Crippen molar-refractivity contribution in [1.82, 2.24) is 5.32 Å². The van der Waals surface area contributed by atoms with E-state index in [1.807, 2.05) is 6.07 Å². The highest BCUT2D eigenvalue weighted by Crippen LogP contribution is 2.21. The van der Waals surface area contributed by atoms with Gasteiger partial charge in [-0.25, -0.2) is 0 Å². The quantitative estimate of drug-likeness (QED) is 0.640. The van der Waals surface area contributed by atoms with Crippen LogP contribution in [0, 0.1) is 17.0 Å². The second kappa shape index (κ2) is 5.79. The first-order valence-electron chi connectivity index (χ1n) is 5.16. The molecule has 0 unspecified atom stereocenters. The summed E-state index contributed by atoms with van der Waals surface area (Å²) in [6.07, 6.45) is 3.31. The second-order valence-electron chi connectivity index (χ2n) is 3.66. The molecule has 0 aromatic heterocycles. The van der Waals surface area contributed by atoms with E-state index in [4.69, 9.17) is 0 Å². The van der Waals surface area contributed by atoms with Crippen LogP contribution in [0.4, 0.5) is 5.69 Å². The smallest absolute Gasteiger partial charge is 0.276 e. The van der Waals surface area contributed by atoms with Crippen LogP contribution in [0.3, 0.4) is 0 Å². The number of nitrogens with one attached hydrogen (secondary N) is 1. The lowest BCUT2D eigenvalue weighted by molar-refractivity contribution is -0.385. The molecule has 0 saturated carbocycles. The number of amides is 1. The fraction of sp³-hybridized carbons (Fsp3) is 0.250. The van der Waals surface area contributed by atoms with E-state index in [1.54, 1.807) is 25.1 Å². The van der Waals surface area contributed by atoms with Crippen LogP contribution in [0.15, 0.2) is 24.3 Å². The van der Waals surface area contributed by atoms with Crippen LogP contribution in [-0.4, -0.2) is 17.4 Å². The molecule has 0 saturated heterocycles. The molecule has 0 aliphatic heterocycles. The Morgan fingerprint density at radius 3 is 2.82 bits per heavy atom. The Morgan fingerprint density at radius 2 is 2.24 bits per heavy atom. The molecule has 1 N–H and O–H groups in total. The molecule has 0 bridgehead atoms. The zero-order valence-electron chi connectivity index (χ0n) is 9.77. The first-order valence-corrected chi connectivity index (χ1v) is 5.16. The molecule has 0 spiro atoms. The minimum absolute atomic E-state index is 0.0732. The average Bonchev–Trinajstić information content (AvgIpc) is 2.25. The number of nitro groups is 1. The second-order valence-corrected chi connectivity index (χ2v) is 3.66. The Balaban J connectivity index is 2.83. The molecule has 0 radical (unpaired) electrons. The third kappa shape index (κ3) is 4.06. The highest BCUT2D eigenvalue weighted by Gasteiger charge is 2.10. The summed E-state index contributed by atoms with van der Waals surface area (Å²) < 4.78 is 0. The zero-order chi connectivity index (χ0) is 12.8. The number of hydrogen-bond donors (Lipinski definition) is 1. The SMILES string of the molecule is CC(=O)NCC=Cc1ccc(C)cc1[N+](=O)[O-]. The van der Waals surface area contributed by atoms with Crippen molar-refractivity contribution in [3.63, 3.8) is 0 Å². The molecule has 1 aromatic carbocycles.